The molecule has 1 rings (SSSR count). The van der Waals surface area contributed by atoms with Crippen LogP contribution in [0.15, 0.2) is 12.3 Å². The molecule has 5 heteroatoms. The third kappa shape index (κ3) is 3.73. The molecular weight excluding hydrogens is 222 g/mol. The van der Waals surface area contributed by atoms with Gasteiger partial charge in [-0.15, -0.1) is 0 Å². The van der Waals surface area contributed by atoms with E-state index >= 15 is 0 Å². The number of thioether (sulfide) groups is 1. The van der Waals surface area contributed by atoms with Crippen LogP contribution in [0.25, 0.3) is 0 Å². The Balaban J connectivity index is 2.55. The molecule has 1 amide bonds. The summed E-state index contributed by atoms with van der Waals surface area (Å²) in [5.74, 6) is 0.951. The molecule has 0 aliphatic carbocycles. The molecular formula is C11H17N3OS. The van der Waals surface area contributed by atoms with Gasteiger partial charge in [-0.3, -0.25) is 9.78 Å². The van der Waals surface area contributed by atoms with Crippen LogP contribution in [0.3, 0.4) is 0 Å². The molecule has 16 heavy (non-hydrogen) atoms. The van der Waals surface area contributed by atoms with Crippen molar-refractivity contribution < 1.29 is 4.79 Å². The zero-order valence-electron chi connectivity index (χ0n) is 9.62. The van der Waals surface area contributed by atoms with Crippen molar-refractivity contribution in [2.75, 3.05) is 24.3 Å². The molecule has 0 radical (unpaired) electrons. The minimum Gasteiger partial charge on any atom is -0.397 e. The average Bonchev–Trinajstić information content (AvgIpc) is 2.27. The highest BCUT2D eigenvalue weighted by molar-refractivity contribution is 7.98. The van der Waals surface area contributed by atoms with Crippen LogP contribution in [0, 0.1) is 6.92 Å². The lowest BCUT2D eigenvalue weighted by Crippen LogP contribution is -2.26. The van der Waals surface area contributed by atoms with E-state index in [1.165, 1.54) is 0 Å². The summed E-state index contributed by atoms with van der Waals surface area (Å²) < 4.78 is 0. The summed E-state index contributed by atoms with van der Waals surface area (Å²) in [4.78, 5) is 15.8. The molecule has 1 aromatic heterocycles. The van der Waals surface area contributed by atoms with Gasteiger partial charge < -0.3 is 11.1 Å². The highest BCUT2D eigenvalue weighted by Gasteiger charge is 2.09. The van der Waals surface area contributed by atoms with Crippen LogP contribution in [0.2, 0.25) is 0 Å². The van der Waals surface area contributed by atoms with Crippen molar-refractivity contribution >= 4 is 23.4 Å². The number of anilines is 1. The Morgan fingerprint density at radius 3 is 3.06 bits per heavy atom. The standard InChI is InChI=1S/C11H17N3OS/c1-8-10(6-9(12)7-14-8)11(15)13-4-3-5-16-2/h6-7H,3-5,12H2,1-2H3,(H,13,15). The summed E-state index contributed by atoms with van der Waals surface area (Å²) in [6.07, 6.45) is 4.58. The van der Waals surface area contributed by atoms with Gasteiger partial charge in [-0.1, -0.05) is 0 Å². The van der Waals surface area contributed by atoms with E-state index in [1.807, 2.05) is 6.26 Å². The number of nitrogens with one attached hydrogen (secondary N) is 1. The summed E-state index contributed by atoms with van der Waals surface area (Å²) in [5.41, 5.74) is 7.37. The maximum Gasteiger partial charge on any atom is 0.253 e. The Labute approximate surface area is 100 Å². The fraction of sp³-hybridized carbons (Fsp3) is 0.455. The smallest absolute Gasteiger partial charge is 0.253 e. The van der Waals surface area contributed by atoms with Gasteiger partial charge in [0.05, 0.1) is 23.1 Å². The molecule has 0 saturated heterocycles. The van der Waals surface area contributed by atoms with Gasteiger partial charge >= 0.3 is 0 Å². The van der Waals surface area contributed by atoms with Crippen LogP contribution >= 0.6 is 11.8 Å². The van der Waals surface area contributed by atoms with Gasteiger partial charge in [0, 0.05) is 6.54 Å². The third-order valence-corrected chi connectivity index (χ3v) is 2.86. The number of hydrogen-bond donors (Lipinski definition) is 2. The van der Waals surface area contributed by atoms with Crippen molar-refractivity contribution in [3.8, 4) is 0 Å². The van der Waals surface area contributed by atoms with Crippen LogP contribution < -0.4 is 11.1 Å². The van der Waals surface area contributed by atoms with Crippen LogP contribution in [0.5, 0.6) is 0 Å². The predicted octanol–water partition coefficient (Wildman–Crippen LogP) is 1.46. The van der Waals surface area contributed by atoms with E-state index in [1.54, 1.807) is 30.9 Å². The molecule has 4 nitrogen and oxygen atoms in total. The second-order valence-electron chi connectivity index (χ2n) is 3.50. The van der Waals surface area contributed by atoms with Gasteiger partial charge in [0.15, 0.2) is 0 Å². The van der Waals surface area contributed by atoms with Crippen LogP contribution in [-0.2, 0) is 0 Å². The third-order valence-electron chi connectivity index (χ3n) is 2.16. The molecule has 88 valence electrons. The van der Waals surface area contributed by atoms with Gasteiger partial charge in [0.2, 0.25) is 0 Å². The fourth-order valence-electron chi connectivity index (χ4n) is 1.29. The molecule has 0 aliphatic heterocycles. The quantitative estimate of drug-likeness (QED) is 0.763. The summed E-state index contributed by atoms with van der Waals surface area (Å²) in [5, 5.41) is 2.85. The minimum absolute atomic E-state index is 0.0987. The first-order chi connectivity index (χ1) is 7.65. The molecule has 0 spiro atoms. The highest BCUT2D eigenvalue weighted by Crippen LogP contribution is 2.09. The number of hydrogen-bond acceptors (Lipinski definition) is 4. The zero-order chi connectivity index (χ0) is 12.0. The average molecular weight is 239 g/mol. The number of rotatable bonds is 5. The van der Waals surface area contributed by atoms with E-state index < -0.39 is 0 Å². The van der Waals surface area contributed by atoms with Crippen molar-refractivity contribution in [1.29, 1.82) is 0 Å². The fourth-order valence-corrected chi connectivity index (χ4v) is 1.73. The summed E-state index contributed by atoms with van der Waals surface area (Å²) in [6.45, 7) is 2.49. The Morgan fingerprint density at radius 1 is 1.62 bits per heavy atom. The van der Waals surface area contributed by atoms with Gasteiger partial charge in [0.1, 0.15) is 0 Å². The lowest BCUT2D eigenvalue weighted by molar-refractivity contribution is 0.0953. The molecule has 1 aromatic rings. The summed E-state index contributed by atoms with van der Waals surface area (Å²) >= 11 is 1.77. The van der Waals surface area contributed by atoms with Crippen LogP contribution in [0.4, 0.5) is 5.69 Å². The van der Waals surface area contributed by atoms with Crippen molar-refractivity contribution in [3.05, 3.63) is 23.5 Å². The van der Waals surface area contributed by atoms with Crippen molar-refractivity contribution in [2.24, 2.45) is 0 Å². The first-order valence-corrected chi connectivity index (χ1v) is 6.53. The molecule has 0 unspecified atom stereocenters. The van der Waals surface area contributed by atoms with Gasteiger partial charge in [-0.2, -0.15) is 11.8 Å². The van der Waals surface area contributed by atoms with E-state index in [2.05, 4.69) is 10.3 Å². The molecule has 0 atom stereocenters. The molecule has 0 aromatic carbocycles. The van der Waals surface area contributed by atoms with Crippen molar-refractivity contribution in [3.63, 3.8) is 0 Å². The number of nitrogens with two attached hydrogens (primary N) is 1. The van der Waals surface area contributed by atoms with Crippen LogP contribution in [-0.4, -0.2) is 29.4 Å². The van der Waals surface area contributed by atoms with Gasteiger partial charge in [-0.25, -0.2) is 0 Å². The van der Waals surface area contributed by atoms with E-state index in [0.29, 0.717) is 23.5 Å². The van der Waals surface area contributed by atoms with E-state index in [0.717, 1.165) is 12.2 Å². The Kier molecular flexibility index (Phi) is 5.11. The number of nitrogen functional groups attached to an aromatic ring is 1. The largest absolute Gasteiger partial charge is 0.397 e. The number of pyridine rings is 1. The Hall–Kier alpha value is -1.23. The van der Waals surface area contributed by atoms with Gasteiger partial charge in [0.25, 0.3) is 5.91 Å². The first-order valence-electron chi connectivity index (χ1n) is 5.14. The minimum atomic E-state index is -0.0987. The van der Waals surface area contributed by atoms with Crippen molar-refractivity contribution in [1.82, 2.24) is 10.3 Å². The van der Waals surface area contributed by atoms with E-state index in [4.69, 9.17) is 5.73 Å². The molecule has 0 saturated carbocycles. The predicted molar refractivity (Wildman–Crippen MR) is 68.7 cm³/mol. The second kappa shape index (κ2) is 6.37. The monoisotopic (exact) mass is 239 g/mol. The number of carbonyl (C=O) groups excluding carboxylic acids is 1. The van der Waals surface area contributed by atoms with Gasteiger partial charge in [-0.05, 0) is 31.4 Å². The van der Waals surface area contributed by atoms with Crippen molar-refractivity contribution in [2.45, 2.75) is 13.3 Å². The first kappa shape index (κ1) is 12.8. The Bertz CT molecular complexity index is 368. The lowest BCUT2D eigenvalue weighted by Gasteiger charge is -2.07. The molecule has 1 heterocycles. The SMILES string of the molecule is CSCCCNC(=O)c1cc(N)cnc1C. The highest BCUT2D eigenvalue weighted by atomic mass is 32.2. The maximum atomic E-state index is 11.8. The number of nitrogens with zero attached hydrogens (tertiary/aromatic N) is 1. The molecule has 0 fully saturated rings. The second-order valence-corrected chi connectivity index (χ2v) is 4.49. The lowest BCUT2D eigenvalue weighted by atomic mass is 10.2. The number of aromatic nitrogens is 1. The summed E-state index contributed by atoms with van der Waals surface area (Å²) in [7, 11) is 0. The molecule has 0 aliphatic rings. The van der Waals surface area contributed by atoms with E-state index in [9.17, 15) is 4.79 Å². The molecule has 0 bridgehead atoms. The zero-order valence-corrected chi connectivity index (χ0v) is 10.4. The number of aryl methyl sites for hydroxylation is 1. The number of amides is 1. The van der Waals surface area contributed by atoms with E-state index in [-0.39, 0.29) is 5.91 Å². The maximum absolute atomic E-state index is 11.8. The topological polar surface area (TPSA) is 68.0 Å². The summed E-state index contributed by atoms with van der Waals surface area (Å²) in [6, 6.07) is 1.66. The number of carbonyl (C=O) groups is 1. The normalized spacial score (nSPS) is 10.1. The van der Waals surface area contributed by atoms with Crippen LogP contribution in [0.1, 0.15) is 22.5 Å². The Morgan fingerprint density at radius 2 is 2.38 bits per heavy atom. The molecule has 3 N–H and O–H groups in total.